The van der Waals surface area contributed by atoms with E-state index in [1.807, 2.05) is 13.8 Å². The highest BCUT2D eigenvalue weighted by molar-refractivity contribution is 7.83. The van der Waals surface area contributed by atoms with Gasteiger partial charge in [-0.15, -0.1) is 0 Å². The van der Waals surface area contributed by atoms with Crippen LogP contribution >= 0.6 is 0 Å². The summed E-state index contributed by atoms with van der Waals surface area (Å²) in [7, 11) is 0.720. The van der Waals surface area contributed by atoms with E-state index in [9.17, 15) is 4.21 Å². The molecule has 2 atom stereocenters. The van der Waals surface area contributed by atoms with E-state index in [2.05, 4.69) is 20.3 Å². The van der Waals surface area contributed by atoms with Gasteiger partial charge in [0.05, 0.1) is 28.5 Å². The average Bonchev–Trinajstić information content (AvgIpc) is 2.67. The molecule has 0 bridgehead atoms. The van der Waals surface area contributed by atoms with Crippen molar-refractivity contribution in [3.8, 4) is 0 Å². The van der Waals surface area contributed by atoms with Gasteiger partial charge in [-0.05, 0) is 26.7 Å². The number of rotatable bonds is 8. The van der Waals surface area contributed by atoms with Crippen LogP contribution in [0.3, 0.4) is 0 Å². The zero-order valence-electron chi connectivity index (χ0n) is 16.6. The minimum Gasteiger partial charge on any atom is -0.381 e. The molecule has 0 saturated carbocycles. The van der Waals surface area contributed by atoms with Crippen molar-refractivity contribution < 1.29 is 8.95 Å². The van der Waals surface area contributed by atoms with E-state index in [0.717, 1.165) is 68.5 Å². The Labute approximate surface area is 164 Å². The Hall–Kier alpha value is -1.29. The van der Waals surface area contributed by atoms with Crippen molar-refractivity contribution in [2.75, 3.05) is 55.8 Å². The number of fused-ring (bicyclic) bond motifs is 1. The average molecular weight is 397 g/mol. The number of ether oxygens (including phenoxy) is 1. The highest BCUT2D eigenvalue weighted by atomic mass is 32.2. The van der Waals surface area contributed by atoms with Gasteiger partial charge >= 0.3 is 0 Å². The van der Waals surface area contributed by atoms with E-state index < -0.39 is 11.0 Å². The Bertz CT molecular complexity index is 651. The number of methoxy groups -OCH3 is 1. The van der Waals surface area contributed by atoms with Crippen LogP contribution in [0.15, 0.2) is 0 Å². The predicted molar refractivity (Wildman–Crippen MR) is 110 cm³/mol. The van der Waals surface area contributed by atoms with Gasteiger partial charge in [0, 0.05) is 57.9 Å². The summed E-state index contributed by atoms with van der Waals surface area (Å²) in [4.78, 5) is 11.9. The lowest BCUT2D eigenvalue weighted by Crippen LogP contribution is -2.44. The second kappa shape index (κ2) is 9.77. The first-order valence-electron chi connectivity index (χ1n) is 9.83. The molecule has 3 rings (SSSR count). The maximum atomic E-state index is 12.0. The Balaban J connectivity index is 1.75. The molecule has 0 spiro atoms. The highest BCUT2D eigenvalue weighted by Gasteiger charge is 2.25. The van der Waals surface area contributed by atoms with Gasteiger partial charge in [-0.1, -0.05) is 0 Å². The van der Waals surface area contributed by atoms with Crippen LogP contribution in [0.1, 0.15) is 31.5 Å². The molecule has 1 aliphatic carbocycles. The quantitative estimate of drug-likeness (QED) is 0.588. The number of anilines is 2. The zero-order valence-corrected chi connectivity index (χ0v) is 17.4. The van der Waals surface area contributed by atoms with Crippen LogP contribution in [-0.2, 0) is 28.6 Å². The van der Waals surface area contributed by atoms with Crippen molar-refractivity contribution >= 4 is 22.8 Å². The fraction of sp³-hybridized carbons (Fsp3) is 0.778. The maximum absolute atomic E-state index is 12.0. The summed E-state index contributed by atoms with van der Waals surface area (Å²) in [6.45, 7) is 8.34. The third-order valence-electron chi connectivity index (χ3n) is 4.90. The van der Waals surface area contributed by atoms with Crippen molar-refractivity contribution in [2.24, 2.45) is 0 Å². The van der Waals surface area contributed by atoms with Crippen molar-refractivity contribution in [3.63, 3.8) is 0 Å². The predicted octanol–water partition coefficient (Wildman–Crippen LogP) is 0.464. The Morgan fingerprint density at radius 1 is 1.33 bits per heavy atom. The fourth-order valence-electron chi connectivity index (χ4n) is 3.50. The van der Waals surface area contributed by atoms with Gasteiger partial charge in [0.2, 0.25) is 5.95 Å². The lowest BCUT2D eigenvalue weighted by Gasteiger charge is -2.30. The summed E-state index contributed by atoms with van der Waals surface area (Å²) >= 11 is 0. The Morgan fingerprint density at radius 2 is 2.11 bits per heavy atom. The second-order valence-electron chi connectivity index (χ2n) is 7.38. The first-order chi connectivity index (χ1) is 13.1. The molecule has 1 aromatic rings. The van der Waals surface area contributed by atoms with Gasteiger partial charge < -0.3 is 20.3 Å². The van der Waals surface area contributed by atoms with Gasteiger partial charge in [-0.25, -0.2) is 13.9 Å². The molecule has 1 aliphatic heterocycles. The standard InChI is InChI=1S/C18H32N6O2S/c1-13(2)23-27(25)11-8-20-17-15-12-14(26-3)4-5-16(15)21-18(22-17)24-9-6-19-7-10-24/h13-14,19,23H,4-12H2,1-3H3,(H,20,21,22). The monoisotopic (exact) mass is 396 g/mol. The lowest BCUT2D eigenvalue weighted by molar-refractivity contribution is 0.0906. The lowest BCUT2D eigenvalue weighted by atomic mass is 9.94. The van der Waals surface area contributed by atoms with Gasteiger partial charge in [0.1, 0.15) is 5.82 Å². The minimum atomic E-state index is -1.04. The number of nitrogens with zero attached hydrogens (tertiary/aromatic N) is 3. The normalized spacial score (nSPS) is 21.2. The number of aryl methyl sites for hydroxylation is 1. The minimum absolute atomic E-state index is 0.208. The smallest absolute Gasteiger partial charge is 0.227 e. The van der Waals surface area contributed by atoms with E-state index in [-0.39, 0.29) is 12.1 Å². The Kier molecular flexibility index (Phi) is 7.40. The first kappa shape index (κ1) is 20.4. The van der Waals surface area contributed by atoms with Crippen LogP contribution in [0.2, 0.25) is 0 Å². The number of aromatic nitrogens is 2. The maximum Gasteiger partial charge on any atom is 0.227 e. The molecule has 8 nitrogen and oxygen atoms in total. The molecule has 27 heavy (non-hydrogen) atoms. The topological polar surface area (TPSA) is 91.4 Å². The molecule has 2 aliphatic rings. The van der Waals surface area contributed by atoms with Crippen molar-refractivity contribution in [1.82, 2.24) is 20.0 Å². The molecule has 3 N–H and O–H groups in total. The molecule has 152 valence electrons. The molecule has 2 heterocycles. The van der Waals surface area contributed by atoms with E-state index in [1.54, 1.807) is 7.11 Å². The van der Waals surface area contributed by atoms with Crippen LogP contribution in [0.25, 0.3) is 0 Å². The summed E-state index contributed by atoms with van der Waals surface area (Å²) in [5, 5.41) is 6.79. The molecule has 2 unspecified atom stereocenters. The summed E-state index contributed by atoms with van der Waals surface area (Å²) in [6.07, 6.45) is 2.93. The highest BCUT2D eigenvalue weighted by Crippen LogP contribution is 2.29. The molecule has 1 aromatic heterocycles. The molecular weight excluding hydrogens is 364 g/mol. The van der Waals surface area contributed by atoms with E-state index in [0.29, 0.717) is 12.3 Å². The van der Waals surface area contributed by atoms with Crippen LogP contribution in [0, 0.1) is 0 Å². The third-order valence-corrected chi connectivity index (χ3v) is 6.21. The summed E-state index contributed by atoms with van der Waals surface area (Å²) in [5.74, 6) is 2.21. The van der Waals surface area contributed by atoms with Gasteiger partial charge in [-0.2, -0.15) is 4.98 Å². The number of piperazine rings is 1. The largest absolute Gasteiger partial charge is 0.381 e. The molecule has 1 fully saturated rings. The van der Waals surface area contributed by atoms with Crippen LogP contribution < -0.4 is 20.3 Å². The van der Waals surface area contributed by atoms with Crippen LogP contribution in [0.4, 0.5) is 11.8 Å². The number of nitrogens with one attached hydrogen (secondary N) is 3. The summed E-state index contributed by atoms with van der Waals surface area (Å²) < 4.78 is 20.6. The second-order valence-corrected chi connectivity index (χ2v) is 8.72. The molecule has 9 heteroatoms. The Morgan fingerprint density at radius 3 is 2.81 bits per heavy atom. The fourth-order valence-corrected chi connectivity index (χ4v) is 4.43. The molecule has 0 radical (unpaired) electrons. The summed E-state index contributed by atoms with van der Waals surface area (Å²) in [5.41, 5.74) is 2.27. The summed E-state index contributed by atoms with van der Waals surface area (Å²) in [6, 6.07) is 0.208. The van der Waals surface area contributed by atoms with E-state index in [1.165, 1.54) is 0 Å². The van der Waals surface area contributed by atoms with Crippen molar-refractivity contribution in [3.05, 3.63) is 11.3 Å². The SMILES string of the molecule is COC1CCc2nc(N3CCNCC3)nc(NCCS(=O)NC(C)C)c2C1. The third kappa shape index (κ3) is 5.60. The first-order valence-corrected chi connectivity index (χ1v) is 11.2. The van der Waals surface area contributed by atoms with Crippen molar-refractivity contribution in [2.45, 2.75) is 45.3 Å². The molecule has 0 aromatic carbocycles. The number of hydrogen-bond donors (Lipinski definition) is 3. The van der Waals surface area contributed by atoms with Gasteiger partial charge in [0.15, 0.2) is 0 Å². The zero-order chi connectivity index (χ0) is 19.2. The molecule has 1 saturated heterocycles. The van der Waals surface area contributed by atoms with Gasteiger partial charge in [-0.3, -0.25) is 0 Å². The van der Waals surface area contributed by atoms with Crippen LogP contribution in [0.5, 0.6) is 0 Å². The van der Waals surface area contributed by atoms with Gasteiger partial charge in [0.25, 0.3) is 0 Å². The number of hydrogen-bond acceptors (Lipinski definition) is 7. The van der Waals surface area contributed by atoms with Crippen molar-refractivity contribution in [1.29, 1.82) is 0 Å². The molecule has 0 amide bonds. The van der Waals surface area contributed by atoms with Crippen LogP contribution in [-0.4, -0.2) is 71.9 Å². The van der Waals surface area contributed by atoms with E-state index in [4.69, 9.17) is 14.7 Å². The van der Waals surface area contributed by atoms with E-state index >= 15 is 0 Å². The molecular formula is C18H32N6O2S.